The second kappa shape index (κ2) is 9.17. The lowest BCUT2D eigenvalue weighted by Crippen LogP contribution is -2.50. The van der Waals surface area contributed by atoms with Crippen molar-refractivity contribution in [2.45, 2.75) is 10.9 Å². The van der Waals surface area contributed by atoms with Crippen molar-refractivity contribution in [3.8, 4) is 0 Å². The molecule has 1 fully saturated rings. The number of para-hydroxylation sites is 1. The van der Waals surface area contributed by atoms with Gasteiger partial charge in [0.1, 0.15) is 17.4 Å². The third kappa shape index (κ3) is 4.95. The Bertz CT molecular complexity index is 1100. The van der Waals surface area contributed by atoms with Crippen molar-refractivity contribution in [2.75, 3.05) is 37.6 Å². The zero-order valence-corrected chi connectivity index (χ0v) is 17.6. The maximum atomic E-state index is 14.1. The van der Waals surface area contributed by atoms with Crippen LogP contribution in [-0.4, -0.2) is 46.0 Å². The number of furan rings is 1. The fourth-order valence-corrected chi connectivity index (χ4v) is 4.80. The molecular formula is C22H23F2N3O3S. The maximum Gasteiger partial charge on any atom is 0.240 e. The van der Waals surface area contributed by atoms with Crippen molar-refractivity contribution < 1.29 is 21.6 Å². The average Bonchev–Trinajstić information content (AvgIpc) is 3.30. The number of nitrogens with zero attached hydrogens (tertiary/aromatic N) is 2. The number of piperazine rings is 1. The molecule has 0 bridgehead atoms. The van der Waals surface area contributed by atoms with E-state index in [1.807, 2.05) is 4.90 Å². The summed E-state index contributed by atoms with van der Waals surface area (Å²) in [6.07, 6.45) is 1.55. The number of rotatable bonds is 7. The maximum absolute atomic E-state index is 14.1. The van der Waals surface area contributed by atoms with E-state index in [-0.39, 0.29) is 23.3 Å². The molecule has 0 unspecified atom stereocenters. The van der Waals surface area contributed by atoms with E-state index in [1.165, 1.54) is 18.2 Å². The highest BCUT2D eigenvalue weighted by atomic mass is 32.2. The topological polar surface area (TPSA) is 65.8 Å². The van der Waals surface area contributed by atoms with E-state index in [9.17, 15) is 17.2 Å². The highest BCUT2D eigenvalue weighted by Crippen LogP contribution is 2.26. The molecule has 2 heterocycles. The minimum absolute atomic E-state index is 0.00327. The molecule has 1 aliphatic rings. The smallest absolute Gasteiger partial charge is 0.240 e. The van der Waals surface area contributed by atoms with E-state index in [0.29, 0.717) is 37.6 Å². The Morgan fingerprint density at radius 2 is 1.65 bits per heavy atom. The fraction of sp³-hybridized carbons (Fsp3) is 0.273. The molecule has 1 saturated heterocycles. The number of hydrogen-bond acceptors (Lipinski definition) is 5. The van der Waals surface area contributed by atoms with Crippen LogP contribution in [0.4, 0.5) is 14.5 Å². The summed E-state index contributed by atoms with van der Waals surface area (Å²) in [5, 5.41) is 0. The molecule has 164 valence electrons. The second-order valence-electron chi connectivity index (χ2n) is 7.31. The highest BCUT2D eigenvalue weighted by molar-refractivity contribution is 7.89. The number of benzene rings is 2. The first kappa shape index (κ1) is 21.5. The van der Waals surface area contributed by atoms with Gasteiger partial charge in [-0.1, -0.05) is 12.1 Å². The van der Waals surface area contributed by atoms with Crippen LogP contribution in [0, 0.1) is 11.6 Å². The van der Waals surface area contributed by atoms with Gasteiger partial charge in [-0.05, 0) is 48.5 Å². The van der Waals surface area contributed by atoms with Crippen LogP contribution in [0.1, 0.15) is 11.8 Å². The molecule has 4 rings (SSSR count). The molecule has 0 amide bonds. The van der Waals surface area contributed by atoms with Crippen LogP contribution in [0.2, 0.25) is 0 Å². The zero-order chi connectivity index (χ0) is 21.8. The third-order valence-corrected chi connectivity index (χ3v) is 6.85. The van der Waals surface area contributed by atoms with E-state index in [0.717, 1.165) is 12.1 Å². The summed E-state index contributed by atoms with van der Waals surface area (Å²) in [5.41, 5.74) is 0.564. The minimum atomic E-state index is -3.81. The van der Waals surface area contributed by atoms with Crippen LogP contribution in [0.25, 0.3) is 0 Å². The molecule has 6 nitrogen and oxygen atoms in total. The van der Waals surface area contributed by atoms with E-state index in [2.05, 4.69) is 9.62 Å². The zero-order valence-electron chi connectivity index (χ0n) is 16.7. The van der Waals surface area contributed by atoms with Gasteiger partial charge in [0, 0.05) is 32.7 Å². The molecule has 2 aromatic carbocycles. The van der Waals surface area contributed by atoms with Crippen LogP contribution >= 0.6 is 0 Å². The van der Waals surface area contributed by atoms with Gasteiger partial charge >= 0.3 is 0 Å². The normalized spacial score (nSPS) is 16.4. The van der Waals surface area contributed by atoms with E-state index >= 15 is 0 Å². The molecule has 1 aromatic heterocycles. The Kier molecular flexibility index (Phi) is 6.35. The molecule has 3 aromatic rings. The largest absolute Gasteiger partial charge is 0.468 e. The number of hydrogen-bond donors (Lipinski definition) is 1. The van der Waals surface area contributed by atoms with Gasteiger partial charge in [-0.15, -0.1) is 0 Å². The SMILES string of the molecule is O=S(=O)(NC[C@@H](c1ccco1)N1CCN(c2ccccc2F)CC1)c1ccc(F)cc1. The summed E-state index contributed by atoms with van der Waals surface area (Å²) < 4.78 is 60.7. The molecule has 31 heavy (non-hydrogen) atoms. The summed E-state index contributed by atoms with van der Waals surface area (Å²) >= 11 is 0. The predicted molar refractivity (Wildman–Crippen MR) is 113 cm³/mol. The number of anilines is 1. The van der Waals surface area contributed by atoms with Gasteiger partial charge in [0.25, 0.3) is 0 Å². The van der Waals surface area contributed by atoms with Crippen molar-refractivity contribution in [1.82, 2.24) is 9.62 Å². The Labute approximate surface area is 180 Å². The number of halogens is 2. The molecule has 1 N–H and O–H groups in total. The molecule has 0 spiro atoms. The molecule has 1 atom stereocenters. The van der Waals surface area contributed by atoms with Crippen LogP contribution < -0.4 is 9.62 Å². The van der Waals surface area contributed by atoms with Crippen molar-refractivity contribution in [1.29, 1.82) is 0 Å². The molecule has 1 aliphatic heterocycles. The van der Waals surface area contributed by atoms with Crippen molar-refractivity contribution in [2.24, 2.45) is 0 Å². The summed E-state index contributed by atoms with van der Waals surface area (Å²) in [6, 6.07) is 14.6. The van der Waals surface area contributed by atoms with Crippen LogP contribution in [-0.2, 0) is 10.0 Å². The monoisotopic (exact) mass is 447 g/mol. The summed E-state index contributed by atoms with van der Waals surface area (Å²) in [6.45, 7) is 2.51. The quantitative estimate of drug-likeness (QED) is 0.602. The van der Waals surface area contributed by atoms with Crippen molar-refractivity contribution in [3.63, 3.8) is 0 Å². The lowest BCUT2D eigenvalue weighted by atomic mass is 10.1. The molecule has 0 aliphatic carbocycles. The van der Waals surface area contributed by atoms with Crippen LogP contribution in [0.15, 0.2) is 76.2 Å². The Morgan fingerprint density at radius 1 is 0.935 bits per heavy atom. The standard InChI is InChI=1S/C22H23F2N3O3S/c23-17-7-9-18(10-8-17)31(28,29)25-16-21(22-6-3-15-30-22)27-13-11-26(12-14-27)20-5-2-1-4-19(20)24/h1-10,15,21,25H,11-14,16H2/t21-/m0/s1. The first-order chi connectivity index (χ1) is 14.9. The molecular weight excluding hydrogens is 424 g/mol. The first-order valence-corrected chi connectivity index (χ1v) is 11.4. The van der Waals surface area contributed by atoms with Gasteiger partial charge in [-0.2, -0.15) is 0 Å². The Morgan fingerprint density at radius 3 is 2.29 bits per heavy atom. The van der Waals surface area contributed by atoms with Crippen LogP contribution in [0.5, 0.6) is 0 Å². The second-order valence-corrected chi connectivity index (χ2v) is 9.08. The highest BCUT2D eigenvalue weighted by Gasteiger charge is 2.29. The van der Waals surface area contributed by atoms with E-state index < -0.39 is 15.8 Å². The van der Waals surface area contributed by atoms with E-state index in [1.54, 1.807) is 36.6 Å². The fourth-order valence-electron chi connectivity index (χ4n) is 3.76. The number of sulfonamides is 1. The van der Waals surface area contributed by atoms with Gasteiger partial charge < -0.3 is 9.32 Å². The number of nitrogens with one attached hydrogen (secondary N) is 1. The summed E-state index contributed by atoms with van der Waals surface area (Å²) in [4.78, 5) is 4.09. The summed E-state index contributed by atoms with van der Waals surface area (Å²) in [5.74, 6) is -0.119. The first-order valence-electron chi connectivity index (χ1n) is 9.96. The summed E-state index contributed by atoms with van der Waals surface area (Å²) in [7, 11) is -3.81. The lowest BCUT2D eigenvalue weighted by molar-refractivity contribution is 0.166. The van der Waals surface area contributed by atoms with Crippen molar-refractivity contribution >= 4 is 15.7 Å². The average molecular weight is 448 g/mol. The van der Waals surface area contributed by atoms with Gasteiger partial charge in [0.15, 0.2) is 0 Å². The van der Waals surface area contributed by atoms with Gasteiger partial charge in [0.2, 0.25) is 10.0 Å². The molecule has 0 radical (unpaired) electrons. The Hall–Kier alpha value is -2.75. The van der Waals surface area contributed by atoms with Crippen molar-refractivity contribution in [3.05, 3.63) is 84.3 Å². The third-order valence-electron chi connectivity index (χ3n) is 5.41. The van der Waals surface area contributed by atoms with Crippen LogP contribution in [0.3, 0.4) is 0 Å². The van der Waals surface area contributed by atoms with Gasteiger partial charge in [-0.3, -0.25) is 4.90 Å². The van der Waals surface area contributed by atoms with Gasteiger partial charge in [-0.25, -0.2) is 21.9 Å². The minimum Gasteiger partial charge on any atom is -0.468 e. The van der Waals surface area contributed by atoms with E-state index in [4.69, 9.17) is 4.42 Å². The van der Waals surface area contributed by atoms with Gasteiger partial charge in [0.05, 0.1) is 22.9 Å². The Balaban J connectivity index is 1.46. The lowest BCUT2D eigenvalue weighted by Gasteiger charge is -2.39. The molecule has 0 saturated carbocycles. The predicted octanol–water partition coefficient (Wildman–Crippen LogP) is 3.40. The molecule has 9 heteroatoms.